The van der Waals surface area contributed by atoms with Crippen LogP contribution in [-0.4, -0.2) is 34.0 Å². The van der Waals surface area contributed by atoms with Crippen LogP contribution < -0.4 is 16.0 Å². The highest BCUT2D eigenvalue weighted by Crippen LogP contribution is 2.33. The number of hydrogen-bond acceptors (Lipinski definition) is 7. The van der Waals surface area contributed by atoms with Gasteiger partial charge in [0.25, 0.3) is 0 Å². The van der Waals surface area contributed by atoms with E-state index in [1.165, 1.54) is 0 Å². The van der Waals surface area contributed by atoms with Crippen molar-refractivity contribution in [2.75, 3.05) is 29.0 Å². The van der Waals surface area contributed by atoms with Crippen LogP contribution in [0.3, 0.4) is 0 Å². The normalized spacial score (nSPS) is 16.9. The molecular weight excluding hydrogens is 284 g/mol. The molecule has 0 aliphatic carbocycles. The average Bonchev–Trinajstić information content (AvgIpc) is 2.74. The molecule has 1 fully saturated rings. The summed E-state index contributed by atoms with van der Waals surface area (Å²) in [4.78, 5) is 21.3. The quantitative estimate of drug-likeness (QED) is 0.635. The molecular formula is C14H24N6O2. The highest BCUT2D eigenvalue weighted by Gasteiger charge is 2.28. The Kier molecular flexibility index (Phi) is 5.35. The number of rotatable bonds is 5. The van der Waals surface area contributed by atoms with Crippen molar-refractivity contribution in [2.24, 2.45) is 0 Å². The van der Waals surface area contributed by atoms with Crippen LogP contribution in [0.25, 0.3) is 0 Å². The van der Waals surface area contributed by atoms with Gasteiger partial charge >= 0.3 is 5.69 Å². The lowest BCUT2D eigenvalue weighted by molar-refractivity contribution is -0.383. The monoisotopic (exact) mass is 308 g/mol. The van der Waals surface area contributed by atoms with Crippen LogP contribution in [0.5, 0.6) is 0 Å². The van der Waals surface area contributed by atoms with Gasteiger partial charge < -0.3 is 16.0 Å². The predicted molar refractivity (Wildman–Crippen MR) is 87.2 cm³/mol. The average molecular weight is 308 g/mol. The van der Waals surface area contributed by atoms with Gasteiger partial charge in [0.1, 0.15) is 0 Å². The molecule has 0 radical (unpaired) electrons. The van der Waals surface area contributed by atoms with E-state index in [1.54, 1.807) is 0 Å². The fourth-order valence-corrected chi connectivity index (χ4v) is 2.52. The number of nitrogens with one attached hydrogen (secondary N) is 1. The van der Waals surface area contributed by atoms with Gasteiger partial charge in [0, 0.05) is 19.1 Å². The van der Waals surface area contributed by atoms with Crippen LogP contribution in [-0.2, 0) is 0 Å². The third-order valence-corrected chi connectivity index (χ3v) is 3.97. The van der Waals surface area contributed by atoms with Gasteiger partial charge in [-0.25, -0.2) is 0 Å². The maximum Gasteiger partial charge on any atom is 0.353 e. The molecule has 0 saturated carbocycles. The van der Waals surface area contributed by atoms with E-state index in [1.807, 2.05) is 18.7 Å². The Bertz CT molecular complexity index is 528. The smallest absolute Gasteiger partial charge is 0.353 e. The molecule has 8 nitrogen and oxygen atoms in total. The molecule has 22 heavy (non-hydrogen) atoms. The van der Waals surface area contributed by atoms with E-state index < -0.39 is 4.92 Å². The van der Waals surface area contributed by atoms with Crippen LogP contribution in [0.4, 0.5) is 23.3 Å². The first-order valence-corrected chi connectivity index (χ1v) is 7.86. The maximum atomic E-state index is 11.4. The molecule has 2 heterocycles. The van der Waals surface area contributed by atoms with Gasteiger partial charge in [0.2, 0.25) is 17.6 Å². The minimum atomic E-state index is -0.484. The number of aromatic nitrogens is 2. The molecule has 122 valence electrons. The Labute approximate surface area is 130 Å². The van der Waals surface area contributed by atoms with E-state index in [4.69, 9.17) is 5.73 Å². The van der Waals surface area contributed by atoms with E-state index in [0.29, 0.717) is 11.8 Å². The van der Waals surface area contributed by atoms with Crippen molar-refractivity contribution >= 4 is 23.3 Å². The molecule has 0 bridgehead atoms. The Morgan fingerprint density at radius 3 is 2.50 bits per heavy atom. The Morgan fingerprint density at radius 2 is 1.95 bits per heavy atom. The van der Waals surface area contributed by atoms with Gasteiger partial charge in [0.05, 0.1) is 4.92 Å². The van der Waals surface area contributed by atoms with Gasteiger partial charge in [-0.05, 0) is 26.2 Å². The van der Waals surface area contributed by atoms with Crippen LogP contribution in [0, 0.1) is 10.1 Å². The van der Waals surface area contributed by atoms with Gasteiger partial charge in [-0.15, -0.1) is 0 Å². The molecule has 8 heteroatoms. The van der Waals surface area contributed by atoms with E-state index in [0.717, 1.165) is 45.2 Å². The molecule has 0 amide bonds. The van der Waals surface area contributed by atoms with Crippen molar-refractivity contribution < 1.29 is 4.92 Å². The molecule has 1 aromatic heterocycles. The van der Waals surface area contributed by atoms with Crippen LogP contribution in [0.15, 0.2) is 0 Å². The molecule has 0 spiro atoms. The second-order valence-corrected chi connectivity index (χ2v) is 5.72. The predicted octanol–water partition coefficient (Wildman–Crippen LogP) is 2.56. The molecule has 1 aliphatic heterocycles. The van der Waals surface area contributed by atoms with Gasteiger partial charge in [0.15, 0.2) is 0 Å². The summed E-state index contributed by atoms with van der Waals surface area (Å²) in [6.07, 6.45) is 5.20. The summed E-state index contributed by atoms with van der Waals surface area (Å²) in [6.45, 7) is 5.58. The first kappa shape index (κ1) is 16.3. The van der Waals surface area contributed by atoms with Gasteiger partial charge in [-0.3, -0.25) is 10.1 Å². The summed E-state index contributed by atoms with van der Waals surface area (Å²) in [5.74, 6) is 0.618. The van der Waals surface area contributed by atoms with Crippen molar-refractivity contribution in [3.05, 3.63) is 10.1 Å². The first-order chi connectivity index (χ1) is 10.5. The van der Waals surface area contributed by atoms with E-state index >= 15 is 0 Å². The summed E-state index contributed by atoms with van der Waals surface area (Å²) < 4.78 is 0. The zero-order valence-corrected chi connectivity index (χ0v) is 13.2. The topological polar surface area (TPSA) is 110 Å². The van der Waals surface area contributed by atoms with E-state index in [2.05, 4.69) is 15.3 Å². The first-order valence-electron chi connectivity index (χ1n) is 7.86. The number of nitrogens with two attached hydrogens (primary N) is 1. The standard InChI is InChI=1S/C14H24N6O2/c1-3-10(2)16-14-17-12(15)11(20(21)22)13(18-14)19-8-6-4-5-7-9-19/h10H,3-9H2,1-2H3,(H3,15,16,17,18)/t10-/m1/s1. The second-order valence-electron chi connectivity index (χ2n) is 5.72. The largest absolute Gasteiger partial charge is 0.378 e. The van der Waals surface area contributed by atoms with Crippen molar-refractivity contribution in [3.8, 4) is 0 Å². The molecule has 0 aromatic carbocycles. The Hall–Kier alpha value is -2.12. The molecule has 3 N–H and O–H groups in total. The molecule has 1 aromatic rings. The summed E-state index contributed by atoms with van der Waals surface area (Å²) >= 11 is 0. The Balaban J connectivity index is 2.40. The third kappa shape index (κ3) is 3.75. The van der Waals surface area contributed by atoms with Crippen molar-refractivity contribution in [2.45, 2.75) is 52.0 Å². The number of nitrogen functional groups attached to an aromatic ring is 1. The zero-order valence-electron chi connectivity index (χ0n) is 13.2. The maximum absolute atomic E-state index is 11.4. The zero-order chi connectivity index (χ0) is 16.1. The van der Waals surface area contributed by atoms with Crippen molar-refractivity contribution in [1.82, 2.24) is 9.97 Å². The fourth-order valence-electron chi connectivity index (χ4n) is 2.52. The summed E-state index contributed by atoms with van der Waals surface area (Å²) in [6, 6.07) is 0.179. The lowest BCUT2D eigenvalue weighted by Gasteiger charge is -2.22. The summed E-state index contributed by atoms with van der Waals surface area (Å²) in [5.41, 5.74) is 5.64. The van der Waals surface area contributed by atoms with Crippen LogP contribution in [0.1, 0.15) is 46.0 Å². The van der Waals surface area contributed by atoms with Crippen molar-refractivity contribution in [3.63, 3.8) is 0 Å². The summed E-state index contributed by atoms with van der Waals surface area (Å²) in [7, 11) is 0. The second kappa shape index (κ2) is 7.24. The van der Waals surface area contributed by atoms with E-state index in [-0.39, 0.29) is 17.5 Å². The minimum Gasteiger partial charge on any atom is -0.378 e. The number of hydrogen-bond donors (Lipinski definition) is 2. The SMILES string of the molecule is CC[C@@H](C)Nc1nc(N)c([N+](=O)[O-])c(N2CCCCCC2)n1. The van der Waals surface area contributed by atoms with Gasteiger partial charge in [-0.1, -0.05) is 19.8 Å². The highest BCUT2D eigenvalue weighted by molar-refractivity contribution is 5.71. The van der Waals surface area contributed by atoms with Crippen molar-refractivity contribution in [1.29, 1.82) is 0 Å². The number of nitro groups is 1. The molecule has 1 saturated heterocycles. The Morgan fingerprint density at radius 1 is 1.32 bits per heavy atom. The van der Waals surface area contributed by atoms with Crippen LogP contribution in [0.2, 0.25) is 0 Å². The lowest BCUT2D eigenvalue weighted by Crippen LogP contribution is -2.27. The summed E-state index contributed by atoms with van der Waals surface area (Å²) in [5, 5.41) is 14.5. The minimum absolute atomic E-state index is 0.0787. The number of anilines is 3. The van der Waals surface area contributed by atoms with Gasteiger partial charge in [-0.2, -0.15) is 9.97 Å². The lowest BCUT2D eigenvalue weighted by atomic mass is 10.2. The van der Waals surface area contributed by atoms with E-state index in [9.17, 15) is 10.1 Å². The number of nitrogens with zero attached hydrogens (tertiary/aromatic N) is 4. The fraction of sp³-hybridized carbons (Fsp3) is 0.714. The molecule has 0 unspecified atom stereocenters. The molecule has 1 aliphatic rings. The molecule has 2 rings (SSSR count). The molecule has 1 atom stereocenters. The third-order valence-electron chi connectivity index (χ3n) is 3.97. The highest BCUT2D eigenvalue weighted by atomic mass is 16.6. The van der Waals surface area contributed by atoms with Crippen LogP contribution >= 0.6 is 0 Å².